The molecule has 1 atom stereocenters. The minimum absolute atomic E-state index is 0.0219. The van der Waals surface area contributed by atoms with Crippen LogP contribution in [0.3, 0.4) is 0 Å². The first-order valence-corrected chi connectivity index (χ1v) is 11.4. The highest BCUT2D eigenvalue weighted by Gasteiger charge is 2.24. The van der Waals surface area contributed by atoms with Crippen molar-refractivity contribution in [2.75, 3.05) is 19.3 Å². The lowest BCUT2D eigenvalue weighted by molar-refractivity contribution is -0.130. The van der Waals surface area contributed by atoms with E-state index in [1.807, 2.05) is 0 Å². The fourth-order valence-corrected chi connectivity index (χ4v) is 4.56. The maximum atomic E-state index is 14.2. The van der Waals surface area contributed by atoms with Crippen LogP contribution in [0, 0.1) is 11.6 Å². The topological polar surface area (TPSA) is 66.5 Å². The maximum absolute atomic E-state index is 14.2. The second-order valence-corrected chi connectivity index (χ2v) is 9.11. The highest BCUT2D eigenvalue weighted by Crippen LogP contribution is 2.29. The van der Waals surface area contributed by atoms with E-state index in [0.717, 1.165) is 6.26 Å². The molecular weight excluding hydrogens is 398 g/mol. The Balaban J connectivity index is 1.75. The molecule has 1 aliphatic rings. The SMILES string of the molecule is CS(=O)(=O)N[C@H]1CCCN(C(=O)Cc2ccccc2-c2c(F)cccc2F)CC1. The molecule has 8 heteroatoms. The standard InChI is InChI=1S/C21H24F2N2O3S/c1-29(27,28)24-16-7-5-12-25(13-11-16)20(26)14-15-6-2-3-8-17(15)21-18(22)9-4-10-19(21)23/h2-4,6,8-10,16,24H,5,7,11-14H2,1H3/t16-/m0/s1. The van der Waals surface area contributed by atoms with E-state index in [4.69, 9.17) is 0 Å². The van der Waals surface area contributed by atoms with Crippen molar-refractivity contribution in [3.8, 4) is 11.1 Å². The number of nitrogens with one attached hydrogen (secondary N) is 1. The molecule has 1 saturated heterocycles. The van der Waals surface area contributed by atoms with E-state index in [9.17, 15) is 22.0 Å². The van der Waals surface area contributed by atoms with E-state index in [1.165, 1.54) is 18.2 Å². The molecule has 3 rings (SSSR count). The van der Waals surface area contributed by atoms with Gasteiger partial charge in [0.05, 0.1) is 18.2 Å². The average Bonchev–Trinajstić information content (AvgIpc) is 2.87. The van der Waals surface area contributed by atoms with Crippen LogP contribution in [0.1, 0.15) is 24.8 Å². The highest BCUT2D eigenvalue weighted by molar-refractivity contribution is 7.88. The van der Waals surface area contributed by atoms with Gasteiger partial charge in [0.25, 0.3) is 0 Å². The molecule has 1 aliphatic heterocycles. The van der Waals surface area contributed by atoms with E-state index in [2.05, 4.69) is 4.72 Å². The van der Waals surface area contributed by atoms with E-state index in [-0.39, 0.29) is 23.9 Å². The van der Waals surface area contributed by atoms with Crippen molar-refractivity contribution < 1.29 is 22.0 Å². The molecule has 0 aliphatic carbocycles. The van der Waals surface area contributed by atoms with Crippen molar-refractivity contribution in [1.29, 1.82) is 0 Å². The minimum atomic E-state index is -3.30. The first kappa shape index (κ1) is 21.4. The zero-order valence-corrected chi connectivity index (χ0v) is 17.0. The van der Waals surface area contributed by atoms with Crippen LogP contribution in [0.5, 0.6) is 0 Å². The zero-order valence-electron chi connectivity index (χ0n) is 16.2. The number of sulfonamides is 1. The van der Waals surface area contributed by atoms with Crippen LogP contribution in [-0.2, 0) is 21.2 Å². The predicted octanol–water partition coefficient (Wildman–Crippen LogP) is 3.10. The molecule has 1 N–H and O–H groups in total. The summed E-state index contributed by atoms with van der Waals surface area (Å²) in [4.78, 5) is 14.6. The number of rotatable bonds is 5. The Morgan fingerprint density at radius 1 is 1.07 bits per heavy atom. The highest BCUT2D eigenvalue weighted by atomic mass is 32.2. The summed E-state index contributed by atoms with van der Waals surface area (Å²) in [6.07, 6.45) is 3.02. The molecule has 1 amide bonds. The first-order valence-electron chi connectivity index (χ1n) is 9.52. The van der Waals surface area contributed by atoms with Crippen molar-refractivity contribution in [1.82, 2.24) is 9.62 Å². The van der Waals surface area contributed by atoms with Gasteiger partial charge in [0.2, 0.25) is 15.9 Å². The third-order valence-corrected chi connectivity index (χ3v) is 5.81. The molecule has 1 heterocycles. The molecule has 0 bridgehead atoms. The molecule has 156 valence electrons. The molecule has 0 radical (unpaired) electrons. The number of likely N-dealkylation sites (tertiary alicyclic amines) is 1. The lowest BCUT2D eigenvalue weighted by Crippen LogP contribution is -2.36. The van der Waals surface area contributed by atoms with Gasteiger partial charge in [-0.15, -0.1) is 0 Å². The van der Waals surface area contributed by atoms with E-state index in [0.29, 0.717) is 43.5 Å². The molecular formula is C21H24F2N2O3S. The first-order chi connectivity index (χ1) is 13.7. The quantitative estimate of drug-likeness (QED) is 0.805. The number of halogens is 2. The van der Waals surface area contributed by atoms with Crippen LogP contribution < -0.4 is 4.72 Å². The number of carbonyl (C=O) groups excluding carboxylic acids is 1. The predicted molar refractivity (Wildman–Crippen MR) is 108 cm³/mol. The molecule has 29 heavy (non-hydrogen) atoms. The summed E-state index contributed by atoms with van der Waals surface area (Å²) in [6.45, 7) is 0.958. The summed E-state index contributed by atoms with van der Waals surface area (Å²) >= 11 is 0. The van der Waals surface area contributed by atoms with Gasteiger partial charge in [-0.2, -0.15) is 0 Å². The molecule has 1 fully saturated rings. The van der Waals surface area contributed by atoms with Crippen molar-refractivity contribution in [2.24, 2.45) is 0 Å². The van der Waals surface area contributed by atoms with Crippen LogP contribution in [0.2, 0.25) is 0 Å². The van der Waals surface area contributed by atoms with Crippen molar-refractivity contribution in [3.05, 3.63) is 59.7 Å². The maximum Gasteiger partial charge on any atom is 0.227 e. The fraction of sp³-hybridized carbons (Fsp3) is 0.381. The normalized spacial score (nSPS) is 17.8. The molecule has 5 nitrogen and oxygen atoms in total. The van der Waals surface area contributed by atoms with Gasteiger partial charge in [-0.25, -0.2) is 21.9 Å². The average molecular weight is 422 g/mol. The van der Waals surface area contributed by atoms with Gasteiger partial charge in [-0.1, -0.05) is 30.3 Å². The molecule has 0 saturated carbocycles. The Bertz CT molecular complexity index is 975. The largest absolute Gasteiger partial charge is 0.342 e. The van der Waals surface area contributed by atoms with Gasteiger partial charge < -0.3 is 4.90 Å². The van der Waals surface area contributed by atoms with Gasteiger partial charge in [-0.05, 0) is 42.5 Å². The number of benzene rings is 2. The van der Waals surface area contributed by atoms with Crippen molar-refractivity contribution in [2.45, 2.75) is 31.7 Å². The monoisotopic (exact) mass is 422 g/mol. The Hall–Kier alpha value is -2.32. The number of carbonyl (C=O) groups is 1. The van der Waals surface area contributed by atoms with Crippen molar-refractivity contribution in [3.63, 3.8) is 0 Å². The number of hydrogen-bond acceptors (Lipinski definition) is 3. The fourth-order valence-electron chi connectivity index (χ4n) is 3.71. The second-order valence-electron chi connectivity index (χ2n) is 7.33. The van der Waals surface area contributed by atoms with Crippen LogP contribution in [-0.4, -0.2) is 44.6 Å². The molecule has 0 unspecified atom stereocenters. The Morgan fingerprint density at radius 2 is 1.76 bits per heavy atom. The van der Waals surface area contributed by atoms with Crippen LogP contribution in [0.15, 0.2) is 42.5 Å². The lowest BCUT2D eigenvalue weighted by atomic mass is 9.96. The lowest BCUT2D eigenvalue weighted by Gasteiger charge is -2.22. The van der Waals surface area contributed by atoms with E-state index in [1.54, 1.807) is 29.2 Å². The molecule has 0 spiro atoms. The van der Waals surface area contributed by atoms with Gasteiger partial charge in [-0.3, -0.25) is 4.79 Å². The van der Waals surface area contributed by atoms with E-state index < -0.39 is 21.7 Å². The smallest absolute Gasteiger partial charge is 0.227 e. The third kappa shape index (κ3) is 5.61. The Morgan fingerprint density at radius 3 is 2.45 bits per heavy atom. The Labute approximate surface area is 169 Å². The second kappa shape index (κ2) is 9.00. The molecule has 2 aromatic carbocycles. The van der Waals surface area contributed by atoms with Gasteiger partial charge in [0.1, 0.15) is 11.6 Å². The number of hydrogen-bond donors (Lipinski definition) is 1. The Kier molecular flexibility index (Phi) is 6.64. The van der Waals surface area contributed by atoms with Crippen LogP contribution >= 0.6 is 0 Å². The summed E-state index contributed by atoms with van der Waals surface area (Å²) in [6, 6.07) is 10.2. The summed E-state index contributed by atoms with van der Waals surface area (Å²) in [5.41, 5.74) is 0.781. The number of amides is 1. The number of nitrogens with zero attached hydrogens (tertiary/aromatic N) is 1. The van der Waals surface area contributed by atoms with Gasteiger partial charge >= 0.3 is 0 Å². The summed E-state index contributed by atoms with van der Waals surface area (Å²) in [7, 11) is -3.30. The van der Waals surface area contributed by atoms with Crippen molar-refractivity contribution >= 4 is 15.9 Å². The van der Waals surface area contributed by atoms with Gasteiger partial charge in [0.15, 0.2) is 0 Å². The van der Waals surface area contributed by atoms with Crippen LogP contribution in [0.25, 0.3) is 11.1 Å². The minimum Gasteiger partial charge on any atom is -0.342 e. The summed E-state index contributed by atoms with van der Waals surface area (Å²) < 4.78 is 54.0. The third-order valence-electron chi connectivity index (χ3n) is 5.05. The van der Waals surface area contributed by atoms with E-state index >= 15 is 0 Å². The van der Waals surface area contributed by atoms with Crippen LogP contribution in [0.4, 0.5) is 8.78 Å². The molecule has 0 aromatic heterocycles. The zero-order chi connectivity index (χ0) is 21.0. The molecule has 2 aromatic rings. The summed E-state index contributed by atoms with van der Waals surface area (Å²) in [5.74, 6) is -1.49. The van der Waals surface area contributed by atoms with Gasteiger partial charge in [0, 0.05) is 19.1 Å². The summed E-state index contributed by atoms with van der Waals surface area (Å²) in [5, 5.41) is 0.